The van der Waals surface area contributed by atoms with E-state index in [1.165, 1.54) is 63.7 Å². The maximum Gasteiger partial charge on any atom is 0.0206 e. The molecule has 0 aromatic carbocycles. The summed E-state index contributed by atoms with van der Waals surface area (Å²) in [6, 6.07) is 0. The summed E-state index contributed by atoms with van der Waals surface area (Å²) in [6.07, 6.45) is 12.2. The highest BCUT2D eigenvalue weighted by Crippen LogP contribution is 2.51. The first kappa shape index (κ1) is 16.1. The molecule has 0 spiro atoms. The minimum atomic E-state index is 0.805. The highest BCUT2D eigenvalue weighted by atomic mass is 15.1. The standard InChI is InChI=1S/C21H35N/c1-5-6-11-22(17(4)18-8-9-18)14-19-13-21(19)20-10-7-15(2)12-16(20)3/h12,16,18-21H,4-11,13-14H2,1-3H3. The fourth-order valence-corrected chi connectivity index (χ4v) is 4.58. The molecule has 0 heterocycles. The number of allylic oxidation sites excluding steroid dienone is 3. The van der Waals surface area contributed by atoms with Crippen molar-refractivity contribution in [3.05, 3.63) is 23.9 Å². The van der Waals surface area contributed by atoms with Crippen LogP contribution in [0.2, 0.25) is 0 Å². The molecule has 0 aromatic heterocycles. The first-order chi connectivity index (χ1) is 10.6. The van der Waals surface area contributed by atoms with Crippen LogP contribution in [0.5, 0.6) is 0 Å². The first-order valence-electron chi connectivity index (χ1n) is 9.71. The Labute approximate surface area is 137 Å². The fourth-order valence-electron chi connectivity index (χ4n) is 4.58. The largest absolute Gasteiger partial charge is 0.375 e. The van der Waals surface area contributed by atoms with Crippen molar-refractivity contribution in [2.24, 2.45) is 29.6 Å². The van der Waals surface area contributed by atoms with Gasteiger partial charge in [0.2, 0.25) is 0 Å². The third kappa shape index (κ3) is 3.78. The Morgan fingerprint density at radius 1 is 1.27 bits per heavy atom. The predicted octanol–water partition coefficient (Wildman–Crippen LogP) is 5.64. The summed E-state index contributed by atoms with van der Waals surface area (Å²) in [5, 5.41) is 0. The predicted molar refractivity (Wildman–Crippen MR) is 95.6 cm³/mol. The van der Waals surface area contributed by atoms with E-state index in [1.54, 1.807) is 5.57 Å². The topological polar surface area (TPSA) is 3.24 Å². The monoisotopic (exact) mass is 301 g/mol. The van der Waals surface area contributed by atoms with Crippen LogP contribution in [0, 0.1) is 29.6 Å². The molecule has 3 aliphatic carbocycles. The van der Waals surface area contributed by atoms with Gasteiger partial charge in [-0.3, -0.25) is 0 Å². The number of rotatable bonds is 8. The molecule has 0 aliphatic heterocycles. The molecule has 2 saturated carbocycles. The second kappa shape index (κ2) is 6.81. The Morgan fingerprint density at radius 2 is 2.05 bits per heavy atom. The highest BCUT2D eigenvalue weighted by molar-refractivity contribution is 5.11. The summed E-state index contributed by atoms with van der Waals surface area (Å²) in [5.41, 5.74) is 3.08. The van der Waals surface area contributed by atoms with Crippen molar-refractivity contribution in [3.8, 4) is 0 Å². The summed E-state index contributed by atoms with van der Waals surface area (Å²) in [4.78, 5) is 2.67. The molecule has 1 nitrogen and oxygen atoms in total. The smallest absolute Gasteiger partial charge is 0.0206 e. The van der Waals surface area contributed by atoms with Crippen molar-refractivity contribution in [2.75, 3.05) is 13.1 Å². The molecule has 0 bridgehead atoms. The van der Waals surface area contributed by atoms with E-state index in [2.05, 4.69) is 38.3 Å². The van der Waals surface area contributed by atoms with Crippen molar-refractivity contribution >= 4 is 0 Å². The second-order valence-corrected chi connectivity index (χ2v) is 8.30. The quantitative estimate of drug-likeness (QED) is 0.524. The summed E-state index contributed by atoms with van der Waals surface area (Å²) >= 11 is 0. The van der Waals surface area contributed by atoms with Gasteiger partial charge in [-0.1, -0.05) is 38.5 Å². The van der Waals surface area contributed by atoms with Gasteiger partial charge in [-0.05, 0) is 75.0 Å². The zero-order chi connectivity index (χ0) is 15.7. The van der Waals surface area contributed by atoms with Crippen LogP contribution >= 0.6 is 0 Å². The highest BCUT2D eigenvalue weighted by Gasteiger charge is 2.45. The lowest BCUT2D eigenvalue weighted by Crippen LogP contribution is -2.28. The molecule has 0 aromatic rings. The average Bonchev–Trinajstić information content (AvgIpc) is 3.37. The van der Waals surface area contributed by atoms with E-state index < -0.39 is 0 Å². The van der Waals surface area contributed by atoms with Crippen molar-refractivity contribution in [3.63, 3.8) is 0 Å². The van der Waals surface area contributed by atoms with Gasteiger partial charge in [0.15, 0.2) is 0 Å². The van der Waals surface area contributed by atoms with Crippen molar-refractivity contribution in [1.29, 1.82) is 0 Å². The van der Waals surface area contributed by atoms with E-state index in [9.17, 15) is 0 Å². The molecule has 0 N–H and O–H groups in total. The molecule has 4 atom stereocenters. The lowest BCUT2D eigenvalue weighted by atomic mass is 9.78. The van der Waals surface area contributed by atoms with Crippen LogP contribution in [0.15, 0.2) is 23.9 Å². The van der Waals surface area contributed by atoms with Crippen molar-refractivity contribution in [2.45, 2.75) is 65.7 Å². The van der Waals surface area contributed by atoms with Gasteiger partial charge >= 0.3 is 0 Å². The maximum atomic E-state index is 4.43. The van der Waals surface area contributed by atoms with Gasteiger partial charge in [0.25, 0.3) is 0 Å². The Kier molecular flexibility index (Phi) is 5.00. The second-order valence-electron chi connectivity index (χ2n) is 8.30. The van der Waals surface area contributed by atoms with Gasteiger partial charge in [0, 0.05) is 18.8 Å². The SMILES string of the molecule is C=C(C1CC1)N(CCCC)CC1CC1C1CCC(C)=CC1C. The molecule has 3 rings (SSSR count). The number of hydrogen-bond acceptors (Lipinski definition) is 1. The van der Waals surface area contributed by atoms with E-state index in [0.29, 0.717) is 0 Å². The normalized spacial score (nSPS) is 34.2. The number of nitrogens with zero attached hydrogens (tertiary/aromatic N) is 1. The van der Waals surface area contributed by atoms with Crippen LogP contribution in [0.25, 0.3) is 0 Å². The van der Waals surface area contributed by atoms with E-state index >= 15 is 0 Å². The van der Waals surface area contributed by atoms with Crippen molar-refractivity contribution in [1.82, 2.24) is 4.90 Å². The van der Waals surface area contributed by atoms with Crippen LogP contribution in [0.1, 0.15) is 65.7 Å². The Morgan fingerprint density at radius 3 is 2.68 bits per heavy atom. The van der Waals surface area contributed by atoms with Gasteiger partial charge in [-0.25, -0.2) is 0 Å². The minimum Gasteiger partial charge on any atom is -0.375 e. The van der Waals surface area contributed by atoms with Gasteiger partial charge in [0.1, 0.15) is 0 Å². The molecular weight excluding hydrogens is 266 g/mol. The molecular formula is C21H35N. The number of unbranched alkanes of at least 4 members (excludes halogenated alkanes) is 1. The third-order valence-corrected chi connectivity index (χ3v) is 6.31. The molecule has 4 unspecified atom stereocenters. The third-order valence-electron chi connectivity index (χ3n) is 6.31. The van der Waals surface area contributed by atoms with Crippen LogP contribution in [0.3, 0.4) is 0 Å². The molecule has 124 valence electrons. The van der Waals surface area contributed by atoms with E-state index in [4.69, 9.17) is 0 Å². The van der Waals surface area contributed by atoms with Gasteiger partial charge in [-0.15, -0.1) is 0 Å². The molecule has 0 saturated heterocycles. The summed E-state index contributed by atoms with van der Waals surface area (Å²) in [5.74, 6) is 4.53. The van der Waals surface area contributed by atoms with E-state index in [-0.39, 0.29) is 0 Å². The summed E-state index contributed by atoms with van der Waals surface area (Å²) < 4.78 is 0. The maximum absolute atomic E-state index is 4.43. The fraction of sp³-hybridized carbons (Fsp3) is 0.810. The Bertz CT molecular complexity index is 431. The van der Waals surface area contributed by atoms with E-state index in [1.807, 2.05) is 0 Å². The molecule has 0 radical (unpaired) electrons. The van der Waals surface area contributed by atoms with Crippen LogP contribution < -0.4 is 0 Å². The Balaban J connectivity index is 1.53. The molecule has 22 heavy (non-hydrogen) atoms. The number of hydrogen-bond donors (Lipinski definition) is 0. The van der Waals surface area contributed by atoms with Crippen LogP contribution in [-0.4, -0.2) is 18.0 Å². The molecule has 2 fully saturated rings. The Hall–Kier alpha value is -0.720. The first-order valence-corrected chi connectivity index (χ1v) is 9.71. The molecule has 3 aliphatic rings. The molecule has 0 amide bonds. The lowest BCUT2D eigenvalue weighted by Gasteiger charge is -2.30. The summed E-state index contributed by atoms with van der Waals surface area (Å²) in [7, 11) is 0. The van der Waals surface area contributed by atoms with Crippen molar-refractivity contribution < 1.29 is 0 Å². The zero-order valence-electron chi connectivity index (χ0n) is 15.0. The summed E-state index contributed by atoms with van der Waals surface area (Å²) in [6.45, 7) is 14.0. The minimum absolute atomic E-state index is 0.805. The van der Waals surface area contributed by atoms with Gasteiger partial charge in [0.05, 0.1) is 0 Å². The van der Waals surface area contributed by atoms with Crippen LogP contribution in [-0.2, 0) is 0 Å². The van der Waals surface area contributed by atoms with E-state index in [0.717, 1.165) is 29.6 Å². The van der Waals surface area contributed by atoms with Gasteiger partial charge in [-0.2, -0.15) is 0 Å². The molecule has 1 heteroatoms. The zero-order valence-corrected chi connectivity index (χ0v) is 15.0. The average molecular weight is 302 g/mol. The lowest BCUT2D eigenvalue weighted by molar-refractivity contribution is 0.268. The van der Waals surface area contributed by atoms with Crippen LogP contribution in [0.4, 0.5) is 0 Å². The van der Waals surface area contributed by atoms with Gasteiger partial charge < -0.3 is 4.90 Å².